The van der Waals surface area contributed by atoms with Crippen molar-refractivity contribution in [3.63, 3.8) is 0 Å². The number of carbonyl (C=O) groups is 1. The monoisotopic (exact) mass is 231 g/mol. The van der Waals surface area contributed by atoms with Gasteiger partial charge in [0.15, 0.2) is 0 Å². The van der Waals surface area contributed by atoms with Crippen molar-refractivity contribution >= 4 is 6.09 Å². The number of aliphatic hydroxyl groups excluding tert-OH is 1. The van der Waals surface area contributed by atoms with Crippen LogP contribution < -0.4 is 5.32 Å². The van der Waals surface area contributed by atoms with Gasteiger partial charge in [0, 0.05) is 0 Å². The van der Waals surface area contributed by atoms with Gasteiger partial charge >= 0.3 is 6.09 Å². The van der Waals surface area contributed by atoms with Crippen molar-refractivity contribution in [3.8, 4) is 0 Å². The van der Waals surface area contributed by atoms with E-state index in [1.165, 1.54) is 0 Å². The summed E-state index contributed by atoms with van der Waals surface area (Å²) in [6, 6.07) is -0.338. The summed E-state index contributed by atoms with van der Waals surface area (Å²) in [7, 11) is 0. The van der Waals surface area contributed by atoms with Crippen LogP contribution in [0.15, 0.2) is 0 Å². The Hall–Kier alpha value is -0.770. The fourth-order valence-corrected chi connectivity index (χ4v) is 1.32. The standard InChI is InChI=1S/C12H25NO3/c1-8(9(14)11(2,3)4)13-10(15)16-12(5,6)7/h8-9,14H,1-7H3,(H,13,15)/t8?,9-/m1/s1. The maximum atomic E-state index is 11.5. The van der Waals surface area contributed by atoms with E-state index in [1.807, 2.05) is 20.8 Å². The van der Waals surface area contributed by atoms with Gasteiger partial charge in [0.25, 0.3) is 0 Å². The van der Waals surface area contributed by atoms with E-state index in [0.717, 1.165) is 0 Å². The number of hydrogen-bond acceptors (Lipinski definition) is 3. The maximum absolute atomic E-state index is 11.5. The van der Waals surface area contributed by atoms with Crippen LogP contribution in [0.5, 0.6) is 0 Å². The molecule has 0 heterocycles. The molecule has 0 aromatic heterocycles. The number of aliphatic hydroxyl groups is 1. The molecule has 0 aromatic rings. The van der Waals surface area contributed by atoms with Gasteiger partial charge in [0.1, 0.15) is 5.60 Å². The van der Waals surface area contributed by atoms with Gasteiger partial charge in [-0.2, -0.15) is 0 Å². The first kappa shape index (κ1) is 15.2. The molecule has 0 aliphatic rings. The Balaban J connectivity index is 4.26. The molecule has 2 atom stereocenters. The molecule has 1 amide bonds. The fourth-order valence-electron chi connectivity index (χ4n) is 1.32. The molecule has 0 fully saturated rings. The number of hydrogen-bond donors (Lipinski definition) is 2. The van der Waals surface area contributed by atoms with E-state index in [1.54, 1.807) is 27.7 Å². The molecule has 4 nitrogen and oxygen atoms in total. The summed E-state index contributed by atoms with van der Waals surface area (Å²) < 4.78 is 5.11. The van der Waals surface area contributed by atoms with Crippen molar-refractivity contribution in [1.29, 1.82) is 0 Å². The van der Waals surface area contributed by atoms with Crippen LogP contribution in [0.25, 0.3) is 0 Å². The number of ether oxygens (including phenoxy) is 1. The molecule has 0 saturated heterocycles. The Labute approximate surface area is 98.4 Å². The number of amides is 1. The van der Waals surface area contributed by atoms with Crippen molar-refractivity contribution in [3.05, 3.63) is 0 Å². The van der Waals surface area contributed by atoms with Crippen molar-refractivity contribution in [2.75, 3.05) is 0 Å². The smallest absolute Gasteiger partial charge is 0.407 e. The van der Waals surface area contributed by atoms with E-state index in [2.05, 4.69) is 5.32 Å². The predicted molar refractivity (Wildman–Crippen MR) is 64.3 cm³/mol. The number of carbonyl (C=O) groups excluding carboxylic acids is 1. The van der Waals surface area contributed by atoms with Crippen LogP contribution in [-0.2, 0) is 4.74 Å². The van der Waals surface area contributed by atoms with Crippen molar-refractivity contribution in [2.24, 2.45) is 5.41 Å². The summed E-state index contributed by atoms with van der Waals surface area (Å²) >= 11 is 0. The van der Waals surface area contributed by atoms with Gasteiger partial charge < -0.3 is 15.2 Å². The van der Waals surface area contributed by atoms with Crippen LogP contribution in [0.1, 0.15) is 48.5 Å². The molecular weight excluding hydrogens is 206 g/mol. The average molecular weight is 231 g/mol. The highest BCUT2D eigenvalue weighted by atomic mass is 16.6. The second-order valence-electron chi connectivity index (χ2n) is 6.25. The molecule has 4 heteroatoms. The minimum Gasteiger partial charge on any atom is -0.444 e. The Bertz CT molecular complexity index is 238. The molecule has 0 rings (SSSR count). The third-order valence-electron chi connectivity index (χ3n) is 2.11. The van der Waals surface area contributed by atoms with Crippen LogP contribution >= 0.6 is 0 Å². The van der Waals surface area contributed by atoms with E-state index < -0.39 is 17.8 Å². The zero-order chi connectivity index (χ0) is 13.1. The van der Waals surface area contributed by atoms with Gasteiger partial charge in [-0.05, 0) is 33.1 Å². The lowest BCUT2D eigenvalue weighted by Crippen LogP contribution is -2.48. The summed E-state index contributed by atoms with van der Waals surface area (Å²) in [6.07, 6.45) is -1.11. The van der Waals surface area contributed by atoms with Gasteiger partial charge in [0.2, 0.25) is 0 Å². The molecule has 2 N–H and O–H groups in total. The van der Waals surface area contributed by atoms with Gasteiger partial charge in [-0.15, -0.1) is 0 Å². The number of rotatable bonds is 2. The lowest BCUT2D eigenvalue weighted by atomic mass is 9.85. The fraction of sp³-hybridized carbons (Fsp3) is 0.917. The molecule has 0 spiro atoms. The SMILES string of the molecule is CC(NC(=O)OC(C)(C)C)[C@@H](O)C(C)(C)C. The molecule has 16 heavy (non-hydrogen) atoms. The molecule has 1 unspecified atom stereocenters. The topological polar surface area (TPSA) is 58.6 Å². The van der Waals surface area contributed by atoms with E-state index >= 15 is 0 Å². The van der Waals surface area contributed by atoms with Crippen LogP contribution in [0.3, 0.4) is 0 Å². The lowest BCUT2D eigenvalue weighted by Gasteiger charge is -2.31. The molecule has 0 saturated carbocycles. The van der Waals surface area contributed by atoms with Crippen LogP contribution in [-0.4, -0.2) is 28.9 Å². The second-order valence-corrected chi connectivity index (χ2v) is 6.25. The zero-order valence-electron chi connectivity index (χ0n) is 11.4. The Kier molecular flexibility index (Phi) is 4.80. The summed E-state index contributed by atoms with van der Waals surface area (Å²) in [4.78, 5) is 11.5. The van der Waals surface area contributed by atoms with Gasteiger partial charge in [0.05, 0.1) is 12.1 Å². The third kappa shape index (κ3) is 5.95. The molecular formula is C12H25NO3. The quantitative estimate of drug-likeness (QED) is 0.766. The molecule has 0 bridgehead atoms. The first-order chi connectivity index (χ1) is 6.93. The largest absolute Gasteiger partial charge is 0.444 e. The van der Waals surface area contributed by atoms with Crippen molar-refractivity contribution in [2.45, 2.75) is 66.2 Å². The lowest BCUT2D eigenvalue weighted by molar-refractivity contribution is 0.0182. The molecule has 0 aliphatic heterocycles. The molecule has 0 radical (unpaired) electrons. The second kappa shape index (κ2) is 5.04. The molecule has 0 aliphatic carbocycles. The molecule has 0 aromatic carbocycles. The Morgan fingerprint density at radius 1 is 1.19 bits per heavy atom. The average Bonchev–Trinajstić information content (AvgIpc) is 1.96. The van der Waals surface area contributed by atoms with E-state index in [-0.39, 0.29) is 11.5 Å². The normalized spacial score (nSPS) is 16.5. The summed E-state index contributed by atoms with van der Waals surface area (Å²) in [5, 5.41) is 12.6. The molecule has 96 valence electrons. The summed E-state index contributed by atoms with van der Waals surface area (Å²) in [6.45, 7) is 12.9. The highest BCUT2D eigenvalue weighted by Gasteiger charge is 2.29. The summed E-state index contributed by atoms with van der Waals surface area (Å²) in [5.74, 6) is 0. The van der Waals surface area contributed by atoms with E-state index in [9.17, 15) is 9.90 Å². The van der Waals surface area contributed by atoms with Crippen LogP contribution in [0, 0.1) is 5.41 Å². The minimum atomic E-state index is -0.611. The van der Waals surface area contributed by atoms with E-state index in [0.29, 0.717) is 0 Å². The Morgan fingerprint density at radius 2 is 1.62 bits per heavy atom. The van der Waals surface area contributed by atoms with Crippen LogP contribution in [0.2, 0.25) is 0 Å². The highest BCUT2D eigenvalue weighted by Crippen LogP contribution is 2.21. The third-order valence-corrected chi connectivity index (χ3v) is 2.11. The number of nitrogens with one attached hydrogen (secondary N) is 1. The van der Waals surface area contributed by atoms with Crippen molar-refractivity contribution < 1.29 is 14.6 Å². The number of alkyl carbamates (subject to hydrolysis) is 1. The zero-order valence-corrected chi connectivity index (χ0v) is 11.4. The van der Waals surface area contributed by atoms with Crippen molar-refractivity contribution in [1.82, 2.24) is 5.32 Å². The minimum absolute atomic E-state index is 0.269. The highest BCUT2D eigenvalue weighted by molar-refractivity contribution is 5.68. The summed E-state index contributed by atoms with van der Waals surface area (Å²) in [5.41, 5.74) is -0.787. The first-order valence-electron chi connectivity index (χ1n) is 5.61. The maximum Gasteiger partial charge on any atom is 0.407 e. The Morgan fingerprint density at radius 3 is 1.94 bits per heavy atom. The first-order valence-corrected chi connectivity index (χ1v) is 5.61. The van der Waals surface area contributed by atoms with Gasteiger partial charge in [-0.3, -0.25) is 0 Å². The van der Waals surface area contributed by atoms with Crippen LogP contribution in [0.4, 0.5) is 4.79 Å². The van der Waals surface area contributed by atoms with Gasteiger partial charge in [-0.25, -0.2) is 4.79 Å². The van der Waals surface area contributed by atoms with Gasteiger partial charge in [-0.1, -0.05) is 20.8 Å². The predicted octanol–water partition coefficient (Wildman–Crippen LogP) is 2.31. The van der Waals surface area contributed by atoms with E-state index in [4.69, 9.17) is 4.74 Å².